The molecule has 0 aromatic heterocycles. The molecular weight excluding hydrogens is 404 g/mol. The number of rotatable bonds is 2. The molecule has 0 N–H and O–H groups in total. The molecule has 5 heteroatoms. The van der Waals surface area contributed by atoms with Crippen LogP contribution in [0.2, 0.25) is 0 Å². The van der Waals surface area contributed by atoms with Crippen molar-refractivity contribution < 1.29 is 23.9 Å². The Morgan fingerprint density at radius 3 is 2.66 bits per heavy atom. The first-order valence-corrected chi connectivity index (χ1v) is 12.5. The quantitative estimate of drug-likeness (QED) is 0.598. The number of carbonyl (C=O) groups is 3. The smallest absolute Gasteiger partial charge is 0.309 e. The van der Waals surface area contributed by atoms with Crippen LogP contribution < -0.4 is 0 Å². The molecule has 172 valence electrons. The van der Waals surface area contributed by atoms with E-state index in [-0.39, 0.29) is 52.1 Å². The fourth-order valence-electron chi connectivity index (χ4n) is 9.11. The molecule has 5 aliphatic carbocycles. The van der Waals surface area contributed by atoms with E-state index in [4.69, 9.17) is 9.47 Å². The number of allylic oxidation sites excluding steroid dienone is 4. The third-order valence-corrected chi connectivity index (χ3v) is 10.4. The Morgan fingerprint density at radius 1 is 1.19 bits per heavy atom. The SMILES string of the molecule is CC(C)OC(=O)[C@@H]1CC2=CC(=O)C=C[C@]2(C)[C@H]2CC[C@@]3(C)[C@@H]([C@@H]4C[C@@H]4[C@]34CCC(=O)O4)[C@H]12. The van der Waals surface area contributed by atoms with Crippen molar-refractivity contribution in [1.29, 1.82) is 0 Å². The Labute approximate surface area is 190 Å². The van der Waals surface area contributed by atoms with Gasteiger partial charge in [-0.3, -0.25) is 14.4 Å². The van der Waals surface area contributed by atoms with Crippen molar-refractivity contribution in [2.75, 3.05) is 0 Å². The second-order valence-corrected chi connectivity index (χ2v) is 12.0. The topological polar surface area (TPSA) is 69.7 Å². The second kappa shape index (κ2) is 6.36. The van der Waals surface area contributed by atoms with Crippen molar-refractivity contribution in [3.63, 3.8) is 0 Å². The number of esters is 2. The van der Waals surface area contributed by atoms with Gasteiger partial charge in [-0.1, -0.05) is 25.5 Å². The standard InChI is InChI=1S/C27H34O5/c1-14(2)31-24(30)18-12-15-11-16(28)5-8-25(15,3)19-6-9-26(4)23(22(18)19)17-13-20(17)27(26)10-7-21(29)32-27/h5,8,11,14,17-20,22-23H,6-7,9-10,12-13H2,1-4H3/t17-,18-,19+,20+,22-,23+,25+,26+,27-/m1/s1. The monoisotopic (exact) mass is 438 g/mol. The van der Waals surface area contributed by atoms with Crippen LogP contribution in [0.4, 0.5) is 0 Å². The number of fused-ring (bicyclic) bond motifs is 9. The summed E-state index contributed by atoms with van der Waals surface area (Å²) in [4.78, 5) is 38.0. The van der Waals surface area contributed by atoms with Gasteiger partial charge < -0.3 is 9.47 Å². The van der Waals surface area contributed by atoms with Crippen LogP contribution in [0.3, 0.4) is 0 Å². The molecule has 5 fully saturated rings. The van der Waals surface area contributed by atoms with E-state index in [2.05, 4.69) is 19.9 Å². The molecule has 0 aromatic carbocycles. The molecule has 4 saturated carbocycles. The third kappa shape index (κ3) is 2.43. The van der Waals surface area contributed by atoms with E-state index < -0.39 is 0 Å². The fourth-order valence-corrected chi connectivity index (χ4v) is 9.11. The first-order valence-electron chi connectivity index (χ1n) is 12.5. The van der Waals surface area contributed by atoms with Gasteiger partial charge in [-0.05, 0) is 81.8 Å². The predicted molar refractivity (Wildman–Crippen MR) is 117 cm³/mol. The first kappa shape index (κ1) is 20.7. The predicted octanol–water partition coefficient (Wildman–Crippen LogP) is 4.40. The van der Waals surface area contributed by atoms with Crippen molar-refractivity contribution >= 4 is 17.7 Å². The minimum Gasteiger partial charge on any atom is -0.463 e. The molecule has 0 unspecified atom stereocenters. The zero-order valence-electron chi connectivity index (χ0n) is 19.6. The summed E-state index contributed by atoms with van der Waals surface area (Å²) in [7, 11) is 0. The second-order valence-electron chi connectivity index (χ2n) is 12.0. The van der Waals surface area contributed by atoms with Crippen LogP contribution >= 0.6 is 0 Å². The highest BCUT2D eigenvalue weighted by atomic mass is 16.6. The van der Waals surface area contributed by atoms with Gasteiger partial charge in [-0.2, -0.15) is 0 Å². The van der Waals surface area contributed by atoms with Crippen LogP contribution in [0.1, 0.15) is 66.2 Å². The molecule has 0 bridgehead atoms. The van der Waals surface area contributed by atoms with E-state index in [1.807, 2.05) is 13.8 Å². The summed E-state index contributed by atoms with van der Waals surface area (Å²) in [5.41, 5.74) is 0.469. The lowest BCUT2D eigenvalue weighted by molar-refractivity contribution is -0.185. The zero-order valence-corrected chi connectivity index (χ0v) is 19.6. The van der Waals surface area contributed by atoms with Crippen LogP contribution in [-0.2, 0) is 23.9 Å². The Morgan fingerprint density at radius 2 is 1.97 bits per heavy atom. The fraction of sp³-hybridized carbons (Fsp3) is 0.741. The maximum Gasteiger partial charge on any atom is 0.309 e. The van der Waals surface area contributed by atoms with Crippen LogP contribution in [0.5, 0.6) is 0 Å². The Kier molecular flexibility index (Phi) is 4.11. The van der Waals surface area contributed by atoms with Gasteiger partial charge in [0.05, 0.1) is 12.0 Å². The van der Waals surface area contributed by atoms with E-state index in [0.29, 0.717) is 36.5 Å². The maximum atomic E-state index is 13.5. The third-order valence-electron chi connectivity index (χ3n) is 10.4. The maximum absolute atomic E-state index is 13.5. The lowest BCUT2D eigenvalue weighted by Crippen LogP contribution is -2.59. The molecular formula is C27H34O5. The number of hydrogen-bond acceptors (Lipinski definition) is 5. The lowest BCUT2D eigenvalue weighted by Gasteiger charge is -2.60. The van der Waals surface area contributed by atoms with Crippen LogP contribution in [0, 0.1) is 46.3 Å². The number of ether oxygens (including phenoxy) is 2. The van der Waals surface area contributed by atoms with Gasteiger partial charge in [0, 0.05) is 23.2 Å². The minimum atomic E-state index is -0.341. The molecule has 0 radical (unpaired) electrons. The molecule has 1 spiro atoms. The van der Waals surface area contributed by atoms with E-state index in [1.54, 1.807) is 12.2 Å². The van der Waals surface area contributed by atoms with E-state index >= 15 is 0 Å². The molecule has 9 atom stereocenters. The lowest BCUT2D eigenvalue weighted by atomic mass is 9.44. The average molecular weight is 439 g/mol. The van der Waals surface area contributed by atoms with Crippen molar-refractivity contribution in [2.24, 2.45) is 46.3 Å². The Balaban J connectivity index is 1.45. The summed E-state index contributed by atoms with van der Waals surface area (Å²) in [6.45, 7) is 8.41. The number of hydrogen-bond donors (Lipinski definition) is 0. The summed E-state index contributed by atoms with van der Waals surface area (Å²) >= 11 is 0. The van der Waals surface area contributed by atoms with Gasteiger partial charge in [0.15, 0.2) is 5.78 Å². The highest BCUT2D eigenvalue weighted by Gasteiger charge is 2.79. The number of ketones is 1. The normalized spacial score (nSPS) is 50.3. The molecule has 1 heterocycles. The molecule has 1 aliphatic heterocycles. The van der Waals surface area contributed by atoms with E-state index in [9.17, 15) is 14.4 Å². The molecule has 0 aromatic rings. The summed E-state index contributed by atoms with van der Waals surface area (Å²) < 4.78 is 12.0. The number of carbonyl (C=O) groups excluding carboxylic acids is 3. The van der Waals surface area contributed by atoms with Crippen LogP contribution in [0.25, 0.3) is 0 Å². The summed E-state index contributed by atoms with van der Waals surface area (Å²) in [6.07, 6.45) is 10.5. The van der Waals surface area contributed by atoms with Crippen molar-refractivity contribution in [1.82, 2.24) is 0 Å². The Hall–Kier alpha value is -1.91. The molecule has 6 aliphatic rings. The van der Waals surface area contributed by atoms with Gasteiger partial charge in [-0.15, -0.1) is 0 Å². The van der Waals surface area contributed by atoms with Crippen LogP contribution in [-0.4, -0.2) is 29.4 Å². The van der Waals surface area contributed by atoms with Gasteiger partial charge in [0.1, 0.15) is 5.60 Å². The molecule has 1 saturated heterocycles. The van der Waals surface area contributed by atoms with Gasteiger partial charge in [0.25, 0.3) is 0 Å². The molecule has 32 heavy (non-hydrogen) atoms. The summed E-state index contributed by atoms with van der Waals surface area (Å²) in [5, 5.41) is 0. The summed E-state index contributed by atoms with van der Waals surface area (Å²) in [5.74, 6) is 1.42. The van der Waals surface area contributed by atoms with Crippen molar-refractivity contribution in [3.05, 3.63) is 23.8 Å². The van der Waals surface area contributed by atoms with Crippen LogP contribution in [0.15, 0.2) is 23.8 Å². The molecule has 6 rings (SSSR count). The van der Waals surface area contributed by atoms with E-state index in [1.165, 1.54) is 0 Å². The van der Waals surface area contributed by atoms with Gasteiger partial charge in [0.2, 0.25) is 0 Å². The molecule has 5 nitrogen and oxygen atoms in total. The first-order chi connectivity index (χ1) is 15.1. The van der Waals surface area contributed by atoms with Crippen molar-refractivity contribution in [3.8, 4) is 0 Å². The van der Waals surface area contributed by atoms with E-state index in [0.717, 1.165) is 31.3 Å². The summed E-state index contributed by atoms with van der Waals surface area (Å²) in [6, 6.07) is 0. The highest BCUT2D eigenvalue weighted by molar-refractivity contribution is 6.01. The largest absolute Gasteiger partial charge is 0.463 e. The highest BCUT2D eigenvalue weighted by Crippen LogP contribution is 2.79. The Bertz CT molecular complexity index is 977. The van der Waals surface area contributed by atoms with Crippen molar-refractivity contribution in [2.45, 2.75) is 77.9 Å². The molecule has 0 amide bonds. The van der Waals surface area contributed by atoms with Gasteiger partial charge >= 0.3 is 11.9 Å². The zero-order chi connectivity index (χ0) is 22.6. The van der Waals surface area contributed by atoms with Gasteiger partial charge in [-0.25, -0.2) is 0 Å². The minimum absolute atomic E-state index is 0.0208. The average Bonchev–Trinajstić information content (AvgIpc) is 3.36.